The first kappa shape index (κ1) is 72.5. The van der Waals surface area contributed by atoms with Gasteiger partial charge in [0.15, 0.2) is 5.78 Å². The Morgan fingerprint density at radius 2 is 0.892 bits per heavy atom. The van der Waals surface area contributed by atoms with Crippen LogP contribution < -0.4 is 0 Å². The number of aliphatic hydroxyl groups excluding tert-OH is 1. The van der Waals surface area contributed by atoms with Gasteiger partial charge in [0.2, 0.25) is 0 Å². The summed E-state index contributed by atoms with van der Waals surface area (Å²) in [4.78, 5) is 16.6. The number of nitriles is 4. The van der Waals surface area contributed by atoms with E-state index >= 15 is 0 Å². The van der Waals surface area contributed by atoms with Gasteiger partial charge in [-0.3, -0.25) is 4.79 Å². The molecule has 1 N–H and O–H groups in total. The van der Waals surface area contributed by atoms with E-state index in [1.54, 1.807) is 0 Å². The molecule has 2 heterocycles. The van der Waals surface area contributed by atoms with Gasteiger partial charge < -0.3 is 5.11 Å². The SMILES string of the molecule is CC(C)CCCC(C)CCS/C(SCC(C)CCCC(C)C)=C1\c2cc3c(cc2C2SC(/C=C4\C(=O)c5ccccc5C4=C(C#N)C#N)=CC12)C(=C(SCC(C)CCCC(C)C)SCC(C)CCCC(C)C)C1C=C(/C=C2/C(=C(C#N)C#N)c4ccccc4C2O)SC31. The lowest BCUT2D eigenvalue weighted by Gasteiger charge is -2.20. The smallest absolute Gasteiger partial charge is 0.194 e. The van der Waals surface area contributed by atoms with Gasteiger partial charge in [-0.15, -0.1) is 70.6 Å². The van der Waals surface area contributed by atoms with Crippen LogP contribution in [0.2, 0.25) is 0 Å². The van der Waals surface area contributed by atoms with Gasteiger partial charge in [0.25, 0.3) is 0 Å². The normalized spacial score (nSPS) is 21.9. The molecule has 3 aromatic rings. The third-order valence-electron chi connectivity index (χ3n) is 19.2. The van der Waals surface area contributed by atoms with E-state index in [1.807, 2.05) is 78.1 Å². The van der Waals surface area contributed by atoms with E-state index in [4.69, 9.17) is 0 Å². The highest BCUT2D eigenvalue weighted by Gasteiger charge is 2.48. The standard InChI is InChI=1S/C81H98N4O2S6/c1-48(2)21-17-25-52(9)33-34-88-80(89-45-53(10)26-18-22-49(3)4)74-64-39-67-65(40-66(64)78-70(74)37-58(92-78)35-68-72(56(41-82)42-83)60-29-13-15-31-62(60)76(68)86)75(81(90-46-54(11)27-19-23-50(5)6)91-47-55(12)28-20-24-51(7)8)71-38-59(93-79(67)71)36-69-73(57(43-84)44-85)61-30-14-16-32-63(61)77(69)87/h13-16,29-32,35-40,48-55,70-71,77-79,87H,17-28,33-34,45-47H2,1-12H3/b68-35-,69-36-,80-74-,81-75?. The molecule has 9 atom stereocenters. The summed E-state index contributed by atoms with van der Waals surface area (Å²) in [7, 11) is 0. The molecule has 4 aliphatic carbocycles. The van der Waals surface area contributed by atoms with Crippen LogP contribution in [-0.2, 0) is 0 Å². The number of rotatable bonds is 31. The Labute approximate surface area is 584 Å². The Hall–Kier alpha value is -4.73. The van der Waals surface area contributed by atoms with E-state index in [1.165, 1.54) is 119 Å². The fraction of sp³-hybridized carbons (Fsp3) is 0.519. The number of allylic oxidation sites excluding steroid dienone is 10. The summed E-state index contributed by atoms with van der Waals surface area (Å²) in [6.45, 7) is 28.4. The number of benzene rings is 3. The van der Waals surface area contributed by atoms with E-state index in [2.05, 4.69) is 185 Å². The predicted molar refractivity (Wildman–Crippen MR) is 405 cm³/mol. The van der Waals surface area contributed by atoms with E-state index in [9.17, 15) is 30.9 Å². The number of aliphatic hydroxyl groups is 1. The number of carbonyl (C=O) groups is 1. The Kier molecular flexibility index (Phi) is 26.5. The van der Waals surface area contributed by atoms with Gasteiger partial charge >= 0.3 is 0 Å². The monoisotopic (exact) mass is 1350 g/mol. The Morgan fingerprint density at radius 3 is 1.35 bits per heavy atom. The second-order valence-corrected chi connectivity index (χ2v) is 36.1. The Balaban J connectivity index is 1.23. The number of carbonyl (C=O) groups excluding carboxylic acids is 1. The molecular formula is C81H98N4O2S6. The van der Waals surface area contributed by atoms with E-state index in [0.29, 0.717) is 86.3 Å². The Morgan fingerprint density at radius 1 is 0.484 bits per heavy atom. The van der Waals surface area contributed by atoms with Gasteiger partial charge in [-0.25, -0.2) is 0 Å². The lowest BCUT2D eigenvalue weighted by atomic mass is 9.97. The van der Waals surface area contributed by atoms with Gasteiger partial charge in [0.05, 0.1) is 0 Å². The first-order chi connectivity index (χ1) is 44.7. The average Bonchev–Trinajstić information content (AvgIpc) is 1.55. The van der Waals surface area contributed by atoms with Gasteiger partial charge in [-0.2, -0.15) is 21.0 Å². The summed E-state index contributed by atoms with van der Waals surface area (Å²) in [5.74, 6) is 8.93. The minimum absolute atomic E-state index is 0.00907. The molecule has 9 unspecified atom stereocenters. The zero-order valence-corrected chi connectivity index (χ0v) is 62.1. The molecule has 3 aromatic carbocycles. The van der Waals surface area contributed by atoms with E-state index in [-0.39, 0.29) is 39.3 Å². The molecule has 490 valence electrons. The van der Waals surface area contributed by atoms with Crippen LogP contribution >= 0.6 is 70.6 Å². The highest BCUT2D eigenvalue weighted by Crippen LogP contribution is 2.68. The van der Waals surface area contributed by atoms with Crippen molar-refractivity contribution in [1.82, 2.24) is 0 Å². The summed E-state index contributed by atoms with van der Waals surface area (Å²) in [5.41, 5.74) is 12.6. The van der Waals surface area contributed by atoms with Crippen molar-refractivity contribution in [3.05, 3.63) is 170 Å². The van der Waals surface area contributed by atoms with Crippen LogP contribution in [0.15, 0.2) is 126 Å². The summed E-state index contributed by atoms with van der Waals surface area (Å²) in [5, 5.41) is 53.9. The lowest BCUT2D eigenvalue weighted by molar-refractivity contribution is 0.104. The molecule has 6 aliphatic rings. The Bertz CT molecular complexity index is 3630. The number of hydrogen-bond donors (Lipinski definition) is 1. The van der Waals surface area contributed by atoms with Crippen molar-refractivity contribution >= 4 is 98.6 Å². The molecule has 0 radical (unpaired) electrons. The molecule has 93 heavy (non-hydrogen) atoms. The number of hydrogen-bond acceptors (Lipinski definition) is 12. The summed E-state index contributed by atoms with van der Waals surface area (Å²) in [6.07, 6.45) is 23.8. The van der Waals surface area contributed by atoms with Gasteiger partial charge in [0, 0.05) is 80.2 Å². The number of nitrogens with zero attached hydrogens (tertiary/aromatic N) is 4. The quantitative estimate of drug-likeness (QED) is 0.0486. The van der Waals surface area contributed by atoms with Crippen molar-refractivity contribution in [1.29, 1.82) is 21.0 Å². The van der Waals surface area contributed by atoms with Crippen molar-refractivity contribution in [2.45, 2.75) is 183 Å². The number of fused-ring (bicyclic) bond motifs is 8. The number of thioether (sulfide) groups is 6. The predicted octanol–water partition coefficient (Wildman–Crippen LogP) is 23.9. The second-order valence-electron chi connectivity index (χ2n) is 29.0. The van der Waals surface area contributed by atoms with Crippen molar-refractivity contribution in [3.63, 3.8) is 0 Å². The number of Topliss-reactive ketones (excluding diaryl/α,β-unsaturated/α-hetero) is 1. The molecule has 9 rings (SSSR count). The maximum Gasteiger partial charge on any atom is 0.194 e. The zero-order valence-electron chi connectivity index (χ0n) is 57.2. The lowest BCUT2D eigenvalue weighted by Crippen LogP contribution is -2.04. The van der Waals surface area contributed by atoms with Crippen molar-refractivity contribution < 1.29 is 9.90 Å². The van der Waals surface area contributed by atoms with Crippen molar-refractivity contribution in [3.8, 4) is 24.3 Å². The van der Waals surface area contributed by atoms with Crippen LogP contribution in [0.5, 0.6) is 0 Å². The van der Waals surface area contributed by atoms with Crippen LogP contribution in [-0.4, -0.2) is 33.9 Å². The highest BCUT2D eigenvalue weighted by atomic mass is 32.2. The largest absolute Gasteiger partial charge is 0.384 e. The van der Waals surface area contributed by atoms with E-state index in [0.717, 1.165) is 44.8 Å². The first-order valence-corrected chi connectivity index (χ1v) is 40.3. The highest BCUT2D eigenvalue weighted by molar-refractivity contribution is 8.23. The number of ketones is 1. The fourth-order valence-electron chi connectivity index (χ4n) is 14.0. The molecule has 6 nitrogen and oxygen atoms in total. The van der Waals surface area contributed by atoms with Gasteiger partial charge in [-0.1, -0.05) is 202 Å². The fourth-order valence-corrected chi connectivity index (χ4v) is 22.5. The third-order valence-corrected chi connectivity index (χ3v) is 27.9. The van der Waals surface area contributed by atoms with Crippen LogP contribution in [0.25, 0.3) is 22.3 Å². The molecular weight excluding hydrogens is 1250 g/mol. The molecule has 0 amide bonds. The minimum atomic E-state index is -0.978. The molecule has 0 fully saturated rings. The van der Waals surface area contributed by atoms with Crippen LogP contribution in [0, 0.1) is 105 Å². The van der Waals surface area contributed by atoms with E-state index < -0.39 is 6.10 Å². The second kappa shape index (κ2) is 34.0. The van der Waals surface area contributed by atoms with Crippen molar-refractivity contribution in [2.75, 3.05) is 23.0 Å². The topological polar surface area (TPSA) is 132 Å². The molecule has 0 saturated carbocycles. The maximum absolute atomic E-state index is 14.6. The molecule has 0 saturated heterocycles. The average molecular weight is 1350 g/mol. The third kappa shape index (κ3) is 17.5. The summed E-state index contributed by atoms with van der Waals surface area (Å²) in [6, 6.07) is 28.9. The molecule has 2 aliphatic heterocycles. The van der Waals surface area contributed by atoms with Gasteiger partial charge in [-0.05, 0) is 159 Å². The zero-order chi connectivity index (χ0) is 66.6. The molecule has 12 heteroatoms. The molecule has 0 spiro atoms. The maximum atomic E-state index is 14.6. The van der Waals surface area contributed by atoms with Crippen LogP contribution in [0.1, 0.15) is 232 Å². The molecule has 0 bridgehead atoms. The minimum Gasteiger partial charge on any atom is -0.384 e. The molecule has 0 aromatic heterocycles. The first-order valence-electron chi connectivity index (χ1n) is 34.6. The van der Waals surface area contributed by atoms with Crippen LogP contribution in [0.4, 0.5) is 0 Å². The van der Waals surface area contributed by atoms with Gasteiger partial charge in [0.1, 0.15) is 41.5 Å². The van der Waals surface area contributed by atoms with Crippen LogP contribution in [0.3, 0.4) is 0 Å². The summed E-state index contributed by atoms with van der Waals surface area (Å²) >= 11 is 11.9. The van der Waals surface area contributed by atoms with Crippen molar-refractivity contribution in [2.24, 2.45) is 59.2 Å². The summed E-state index contributed by atoms with van der Waals surface area (Å²) < 4.78 is 2.81.